The molecule has 0 atom stereocenters. The molecule has 0 aliphatic carbocycles. The van der Waals surface area contributed by atoms with Crippen LogP contribution in [-0.4, -0.2) is 11.3 Å². The molecule has 0 amide bonds. The number of hydrogen-bond donors (Lipinski definition) is 1. The van der Waals surface area contributed by atoms with E-state index in [1.54, 1.807) is 0 Å². The van der Waals surface area contributed by atoms with E-state index in [1.165, 1.54) is 10.5 Å². The van der Waals surface area contributed by atoms with Gasteiger partial charge < -0.3 is 5.73 Å². The molecule has 0 spiro atoms. The van der Waals surface area contributed by atoms with Crippen molar-refractivity contribution in [1.82, 2.24) is 0 Å². The maximum absolute atomic E-state index is 5.55. The molecule has 2 N–H and O–H groups in total. The van der Waals surface area contributed by atoms with Crippen molar-refractivity contribution in [2.45, 2.75) is 43.3 Å². The largest absolute Gasteiger partial charge is 0.330 e. The summed E-state index contributed by atoms with van der Waals surface area (Å²) in [5, 5.41) is 0. The smallest absolute Gasteiger partial charge is 0.0122 e. The summed E-state index contributed by atoms with van der Waals surface area (Å²) in [6.45, 7) is 7.51. The van der Waals surface area contributed by atoms with E-state index in [4.69, 9.17) is 5.73 Å². The van der Waals surface area contributed by atoms with Gasteiger partial charge in [-0.25, -0.2) is 0 Å². The van der Waals surface area contributed by atoms with Gasteiger partial charge in [-0.1, -0.05) is 39.0 Å². The Bertz CT molecular complexity index is 302. The van der Waals surface area contributed by atoms with Gasteiger partial charge in [-0.2, -0.15) is 0 Å². The van der Waals surface area contributed by atoms with Gasteiger partial charge in [0.2, 0.25) is 0 Å². The van der Waals surface area contributed by atoms with Crippen molar-refractivity contribution in [3.05, 3.63) is 29.8 Å². The van der Waals surface area contributed by atoms with Gasteiger partial charge in [0.15, 0.2) is 0 Å². The Hall–Kier alpha value is -0.470. The molecule has 0 aliphatic heterocycles. The van der Waals surface area contributed by atoms with Crippen molar-refractivity contribution in [1.29, 1.82) is 0 Å². The molecule has 0 bridgehead atoms. The molecule has 15 heavy (non-hydrogen) atoms. The topological polar surface area (TPSA) is 26.0 Å². The lowest BCUT2D eigenvalue weighted by molar-refractivity contribution is 0.794. The van der Waals surface area contributed by atoms with Gasteiger partial charge >= 0.3 is 0 Å². The predicted octanol–water partition coefficient (Wildman–Crippen LogP) is 3.47. The molecular formula is C13H21NS. The fraction of sp³-hybridized carbons (Fsp3) is 0.538. The Morgan fingerprint density at radius 1 is 1.20 bits per heavy atom. The molecule has 1 nitrogen and oxygen atoms in total. The first-order valence-electron chi connectivity index (χ1n) is 5.50. The van der Waals surface area contributed by atoms with Gasteiger partial charge in [0.1, 0.15) is 0 Å². The SMILES string of the molecule is CC(C)(C)Sc1ccccc1CCCN. The number of benzene rings is 1. The summed E-state index contributed by atoms with van der Waals surface area (Å²) in [5.74, 6) is 0. The lowest BCUT2D eigenvalue weighted by atomic mass is 10.1. The summed E-state index contributed by atoms with van der Waals surface area (Å²) in [6, 6.07) is 8.64. The first-order valence-corrected chi connectivity index (χ1v) is 6.31. The lowest BCUT2D eigenvalue weighted by Gasteiger charge is -2.19. The zero-order valence-corrected chi connectivity index (χ0v) is 10.7. The first-order chi connectivity index (χ1) is 7.03. The maximum atomic E-state index is 5.55. The molecule has 0 fully saturated rings. The minimum Gasteiger partial charge on any atom is -0.330 e. The second-order valence-electron chi connectivity index (χ2n) is 4.71. The van der Waals surface area contributed by atoms with Crippen LogP contribution in [0.15, 0.2) is 29.2 Å². The van der Waals surface area contributed by atoms with Crippen LogP contribution in [0.5, 0.6) is 0 Å². The van der Waals surface area contributed by atoms with E-state index in [0.29, 0.717) is 0 Å². The zero-order chi connectivity index (χ0) is 11.3. The summed E-state index contributed by atoms with van der Waals surface area (Å²) in [6.07, 6.45) is 2.16. The highest BCUT2D eigenvalue weighted by atomic mass is 32.2. The van der Waals surface area contributed by atoms with E-state index in [2.05, 4.69) is 45.0 Å². The molecule has 0 aliphatic rings. The minimum atomic E-state index is 0.277. The number of aryl methyl sites for hydroxylation is 1. The Kier molecular flexibility index (Phi) is 4.68. The molecule has 1 aromatic carbocycles. The molecule has 0 aromatic heterocycles. The van der Waals surface area contributed by atoms with Crippen LogP contribution in [0.4, 0.5) is 0 Å². The zero-order valence-electron chi connectivity index (χ0n) is 9.92. The van der Waals surface area contributed by atoms with Gasteiger partial charge in [-0.15, -0.1) is 11.8 Å². The van der Waals surface area contributed by atoms with Crippen LogP contribution in [0.3, 0.4) is 0 Å². The van der Waals surface area contributed by atoms with Crippen LogP contribution in [-0.2, 0) is 6.42 Å². The van der Waals surface area contributed by atoms with Crippen LogP contribution in [0, 0.1) is 0 Å². The first kappa shape index (κ1) is 12.6. The fourth-order valence-electron chi connectivity index (χ4n) is 1.43. The van der Waals surface area contributed by atoms with E-state index in [0.717, 1.165) is 19.4 Å². The molecule has 1 aromatic rings. The standard InChI is InChI=1S/C13H21NS/c1-13(2,3)15-12-9-5-4-7-11(12)8-6-10-14/h4-5,7,9H,6,8,10,14H2,1-3H3. The Morgan fingerprint density at radius 3 is 2.47 bits per heavy atom. The van der Waals surface area contributed by atoms with Gasteiger partial charge in [-0.05, 0) is 31.0 Å². The summed E-state index contributed by atoms with van der Waals surface area (Å²) in [5.41, 5.74) is 6.98. The third-order valence-corrected chi connectivity index (χ3v) is 3.27. The third-order valence-electron chi connectivity index (χ3n) is 2.04. The van der Waals surface area contributed by atoms with Crippen molar-refractivity contribution >= 4 is 11.8 Å². The molecule has 0 radical (unpaired) electrons. The van der Waals surface area contributed by atoms with E-state index in [1.807, 2.05) is 11.8 Å². The Balaban J connectivity index is 2.77. The summed E-state index contributed by atoms with van der Waals surface area (Å²) >= 11 is 1.94. The highest BCUT2D eigenvalue weighted by molar-refractivity contribution is 8.00. The Morgan fingerprint density at radius 2 is 1.87 bits per heavy atom. The van der Waals surface area contributed by atoms with Crippen molar-refractivity contribution in [3.63, 3.8) is 0 Å². The van der Waals surface area contributed by atoms with Crippen molar-refractivity contribution in [3.8, 4) is 0 Å². The van der Waals surface area contributed by atoms with Crippen LogP contribution in [0.2, 0.25) is 0 Å². The lowest BCUT2D eigenvalue weighted by Crippen LogP contribution is -2.08. The van der Waals surface area contributed by atoms with Crippen LogP contribution in [0.25, 0.3) is 0 Å². The average molecular weight is 223 g/mol. The maximum Gasteiger partial charge on any atom is 0.0122 e. The Labute approximate surface area is 97.4 Å². The molecular weight excluding hydrogens is 202 g/mol. The van der Waals surface area contributed by atoms with Gasteiger partial charge in [-0.3, -0.25) is 0 Å². The third kappa shape index (κ3) is 4.72. The number of hydrogen-bond acceptors (Lipinski definition) is 2. The van der Waals surface area contributed by atoms with Crippen molar-refractivity contribution in [2.75, 3.05) is 6.54 Å². The van der Waals surface area contributed by atoms with E-state index >= 15 is 0 Å². The number of rotatable bonds is 4. The van der Waals surface area contributed by atoms with Crippen LogP contribution >= 0.6 is 11.8 Å². The van der Waals surface area contributed by atoms with E-state index < -0.39 is 0 Å². The molecule has 2 heteroatoms. The normalized spacial score (nSPS) is 11.7. The molecule has 0 saturated carbocycles. The van der Waals surface area contributed by atoms with Crippen LogP contribution in [0.1, 0.15) is 32.8 Å². The van der Waals surface area contributed by atoms with Crippen LogP contribution < -0.4 is 5.73 Å². The summed E-state index contributed by atoms with van der Waals surface area (Å²) < 4.78 is 0.277. The number of thioether (sulfide) groups is 1. The molecule has 0 heterocycles. The quantitative estimate of drug-likeness (QED) is 0.791. The van der Waals surface area contributed by atoms with E-state index in [-0.39, 0.29) is 4.75 Å². The fourth-order valence-corrected chi connectivity index (χ4v) is 2.54. The molecule has 0 unspecified atom stereocenters. The monoisotopic (exact) mass is 223 g/mol. The minimum absolute atomic E-state index is 0.277. The van der Waals surface area contributed by atoms with Crippen molar-refractivity contribution < 1.29 is 0 Å². The molecule has 84 valence electrons. The second kappa shape index (κ2) is 5.57. The van der Waals surface area contributed by atoms with E-state index in [9.17, 15) is 0 Å². The van der Waals surface area contributed by atoms with Crippen molar-refractivity contribution in [2.24, 2.45) is 5.73 Å². The predicted molar refractivity (Wildman–Crippen MR) is 69.4 cm³/mol. The highest BCUT2D eigenvalue weighted by Gasteiger charge is 2.13. The number of nitrogens with two attached hydrogens (primary N) is 1. The highest BCUT2D eigenvalue weighted by Crippen LogP contribution is 2.34. The summed E-state index contributed by atoms with van der Waals surface area (Å²) in [4.78, 5) is 1.40. The second-order valence-corrected chi connectivity index (χ2v) is 6.58. The van der Waals surface area contributed by atoms with Gasteiger partial charge in [0.05, 0.1) is 0 Å². The van der Waals surface area contributed by atoms with Gasteiger partial charge in [0, 0.05) is 9.64 Å². The van der Waals surface area contributed by atoms with Gasteiger partial charge in [0.25, 0.3) is 0 Å². The molecule has 0 saturated heterocycles. The average Bonchev–Trinajstić information content (AvgIpc) is 2.14. The summed E-state index contributed by atoms with van der Waals surface area (Å²) in [7, 11) is 0. The molecule has 1 rings (SSSR count).